The molecular formula is C35H31N2O+. The monoisotopic (exact) mass is 495 g/mol. The third-order valence-corrected chi connectivity index (χ3v) is 8.34. The highest BCUT2D eigenvalue weighted by Crippen LogP contribution is 2.42. The number of aromatic nitrogens is 1. The van der Waals surface area contributed by atoms with E-state index < -0.39 is 0 Å². The molecule has 3 heteroatoms. The minimum atomic E-state index is 0.149. The SMILES string of the molecule is C=CC1=NC2CC(=C)C[n+]3ccccc3-c3c(cc(C)c4c3oc3ccccc34)CCC2c2ccccc21. The van der Waals surface area contributed by atoms with Gasteiger partial charge in [-0.2, -0.15) is 4.57 Å². The van der Waals surface area contributed by atoms with E-state index in [9.17, 15) is 0 Å². The molecule has 0 aliphatic carbocycles. The number of fused-ring (bicyclic) bond motifs is 10. The zero-order valence-electron chi connectivity index (χ0n) is 21.8. The minimum absolute atomic E-state index is 0.149. The van der Waals surface area contributed by atoms with Crippen molar-refractivity contribution in [3.63, 3.8) is 0 Å². The molecule has 2 aliphatic rings. The lowest BCUT2D eigenvalue weighted by molar-refractivity contribution is -0.678. The summed E-state index contributed by atoms with van der Waals surface area (Å²) in [6.45, 7) is 11.6. The molecule has 2 aliphatic heterocycles. The summed E-state index contributed by atoms with van der Waals surface area (Å²) >= 11 is 0. The molecule has 3 aromatic carbocycles. The van der Waals surface area contributed by atoms with Gasteiger partial charge in [-0.15, -0.1) is 0 Å². The summed E-state index contributed by atoms with van der Waals surface area (Å²) in [5.41, 5.74) is 11.7. The molecule has 0 saturated carbocycles. The Morgan fingerprint density at radius 1 is 1.03 bits per heavy atom. The van der Waals surface area contributed by atoms with Crippen LogP contribution in [-0.2, 0) is 13.0 Å². The van der Waals surface area contributed by atoms with Crippen molar-refractivity contribution in [3.05, 3.63) is 126 Å². The molecule has 2 unspecified atom stereocenters. The molecule has 0 spiro atoms. The number of pyridine rings is 1. The van der Waals surface area contributed by atoms with E-state index in [1.807, 2.05) is 6.08 Å². The topological polar surface area (TPSA) is 29.4 Å². The fourth-order valence-electron chi connectivity index (χ4n) is 6.69. The fraction of sp³-hybridized carbons (Fsp3) is 0.200. The Morgan fingerprint density at radius 3 is 2.74 bits per heavy atom. The maximum atomic E-state index is 6.64. The predicted octanol–water partition coefficient (Wildman–Crippen LogP) is 7.88. The van der Waals surface area contributed by atoms with Crippen LogP contribution in [0.5, 0.6) is 0 Å². The average molecular weight is 496 g/mol. The van der Waals surface area contributed by atoms with Crippen molar-refractivity contribution < 1.29 is 8.98 Å². The molecule has 38 heavy (non-hydrogen) atoms. The van der Waals surface area contributed by atoms with Gasteiger partial charge >= 0.3 is 0 Å². The van der Waals surface area contributed by atoms with E-state index >= 15 is 0 Å². The van der Waals surface area contributed by atoms with Crippen molar-refractivity contribution in [1.29, 1.82) is 0 Å². The molecule has 0 N–H and O–H groups in total. The van der Waals surface area contributed by atoms with Crippen molar-refractivity contribution in [3.8, 4) is 11.3 Å². The second-order valence-corrected chi connectivity index (χ2v) is 10.7. The van der Waals surface area contributed by atoms with Gasteiger partial charge in [0.1, 0.15) is 11.2 Å². The van der Waals surface area contributed by atoms with Gasteiger partial charge in [-0.1, -0.05) is 61.7 Å². The molecule has 2 atom stereocenters. The second kappa shape index (κ2) is 8.95. The Bertz CT molecular complexity index is 1790. The maximum absolute atomic E-state index is 6.64. The van der Waals surface area contributed by atoms with Crippen molar-refractivity contribution >= 4 is 27.7 Å². The Morgan fingerprint density at radius 2 is 1.84 bits per heavy atom. The van der Waals surface area contributed by atoms with Crippen LogP contribution in [0.4, 0.5) is 0 Å². The lowest BCUT2D eigenvalue weighted by Crippen LogP contribution is -2.37. The highest BCUT2D eigenvalue weighted by atomic mass is 16.3. The molecular weight excluding hydrogens is 464 g/mol. The Hall–Kier alpha value is -4.24. The lowest BCUT2D eigenvalue weighted by Gasteiger charge is -2.31. The van der Waals surface area contributed by atoms with Crippen LogP contribution in [-0.4, -0.2) is 11.8 Å². The average Bonchev–Trinajstić information content (AvgIpc) is 3.31. The Labute approximate surface area is 223 Å². The number of benzene rings is 3. The van der Waals surface area contributed by atoms with Gasteiger partial charge in [-0.05, 0) is 66.7 Å². The minimum Gasteiger partial charge on any atom is -0.455 e. The predicted molar refractivity (Wildman–Crippen MR) is 156 cm³/mol. The summed E-state index contributed by atoms with van der Waals surface area (Å²) in [4.78, 5) is 5.24. The number of furan rings is 1. The molecule has 186 valence electrons. The van der Waals surface area contributed by atoms with Crippen LogP contribution in [0.2, 0.25) is 0 Å². The summed E-state index contributed by atoms with van der Waals surface area (Å²) in [5, 5.41) is 2.39. The number of aryl methyl sites for hydroxylation is 2. The standard InChI is InChI=1S/C35H31N2O/c1-4-29-26-12-6-5-11-25(26)27-17-16-24-20-23(3)33-28-13-7-8-15-32(28)38-35(33)34(24)31-14-9-10-18-37(31)21-22(2)19-30(27)36-29/h4-15,18,20,27,30H,1-2,16-17,19,21H2,3H3/q+1. The molecule has 3 nitrogen and oxygen atoms in total. The van der Waals surface area contributed by atoms with Crippen molar-refractivity contribution in [1.82, 2.24) is 0 Å². The smallest absolute Gasteiger partial charge is 0.216 e. The van der Waals surface area contributed by atoms with Gasteiger partial charge in [-0.25, -0.2) is 0 Å². The number of hydrogen-bond acceptors (Lipinski definition) is 2. The molecule has 0 bridgehead atoms. The summed E-state index contributed by atoms with van der Waals surface area (Å²) < 4.78 is 8.97. The van der Waals surface area contributed by atoms with Crippen LogP contribution in [0.1, 0.15) is 41.0 Å². The van der Waals surface area contributed by atoms with Gasteiger partial charge in [0, 0.05) is 34.4 Å². The lowest BCUT2D eigenvalue weighted by atomic mass is 9.78. The van der Waals surface area contributed by atoms with Crippen molar-refractivity contribution in [2.24, 2.45) is 4.99 Å². The van der Waals surface area contributed by atoms with Gasteiger partial charge in [-0.3, -0.25) is 4.99 Å². The second-order valence-electron chi connectivity index (χ2n) is 10.7. The van der Waals surface area contributed by atoms with Crippen LogP contribution in [0.15, 0.2) is 113 Å². The normalized spacial score (nSPS) is 19.1. The summed E-state index contributed by atoms with van der Waals surface area (Å²) in [6, 6.07) is 26.1. The first-order chi connectivity index (χ1) is 18.6. The summed E-state index contributed by atoms with van der Waals surface area (Å²) in [7, 11) is 0. The van der Waals surface area contributed by atoms with Crippen molar-refractivity contribution in [2.45, 2.75) is 44.7 Å². The zero-order valence-corrected chi connectivity index (χ0v) is 21.8. The van der Waals surface area contributed by atoms with Crippen LogP contribution in [0, 0.1) is 6.92 Å². The molecule has 7 rings (SSSR count). The van der Waals surface area contributed by atoms with Gasteiger partial charge in [0.15, 0.2) is 12.7 Å². The number of allylic oxidation sites excluding steroid dienone is 1. The molecule has 0 radical (unpaired) electrons. The molecule has 4 heterocycles. The van der Waals surface area contributed by atoms with Crippen molar-refractivity contribution in [2.75, 3.05) is 0 Å². The van der Waals surface area contributed by atoms with Gasteiger partial charge in [0.05, 0.1) is 17.3 Å². The van der Waals surface area contributed by atoms with E-state index in [1.54, 1.807) is 0 Å². The first-order valence-electron chi connectivity index (χ1n) is 13.5. The summed E-state index contributed by atoms with van der Waals surface area (Å²) in [6.07, 6.45) is 6.88. The molecule has 0 saturated heterocycles. The number of para-hydroxylation sites is 1. The molecule has 2 aromatic heterocycles. The first kappa shape index (κ1) is 22.9. The van der Waals surface area contributed by atoms with E-state index in [1.165, 1.54) is 49.9 Å². The molecule has 0 amide bonds. The summed E-state index contributed by atoms with van der Waals surface area (Å²) in [5.74, 6) is 0.317. The van der Waals surface area contributed by atoms with Crippen LogP contribution in [0.3, 0.4) is 0 Å². The van der Waals surface area contributed by atoms with E-state index in [-0.39, 0.29) is 6.04 Å². The molecule has 5 aromatic rings. The van der Waals surface area contributed by atoms with E-state index in [2.05, 4.69) is 104 Å². The number of aliphatic imine (C=N–C) groups is 1. The van der Waals surface area contributed by atoms with Crippen LogP contribution in [0.25, 0.3) is 33.2 Å². The highest BCUT2D eigenvalue weighted by molar-refractivity contribution is 6.12. The van der Waals surface area contributed by atoms with Crippen LogP contribution >= 0.6 is 0 Å². The van der Waals surface area contributed by atoms with E-state index in [0.717, 1.165) is 42.7 Å². The quantitative estimate of drug-likeness (QED) is 0.172. The first-order valence-corrected chi connectivity index (χ1v) is 13.5. The van der Waals surface area contributed by atoms with Crippen LogP contribution < -0.4 is 4.57 Å². The van der Waals surface area contributed by atoms with Gasteiger partial charge in [0.25, 0.3) is 0 Å². The fourth-order valence-corrected chi connectivity index (χ4v) is 6.69. The molecule has 0 fully saturated rings. The Kier molecular flexibility index (Phi) is 5.40. The third kappa shape index (κ3) is 3.57. The number of rotatable bonds is 1. The largest absolute Gasteiger partial charge is 0.455 e. The zero-order chi connectivity index (χ0) is 25.8. The van der Waals surface area contributed by atoms with E-state index in [0.29, 0.717) is 5.92 Å². The maximum Gasteiger partial charge on any atom is 0.216 e. The van der Waals surface area contributed by atoms with Gasteiger partial charge in [0.2, 0.25) is 5.69 Å². The Balaban J connectivity index is 1.48. The van der Waals surface area contributed by atoms with Gasteiger partial charge < -0.3 is 4.42 Å². The number of hydrogen-bond donors (Lipinski definition) is 0. The number of nitrogens with zero attached hydrogens (tertiary/aromatic N) is 2. The highest BCUT2D eigenvalue weighted by Gasteiger charge is 2.33. The van der Waals surface area contributed by atoms with E-state index in [4.69, 9.17) is 9.41 Å². The third-order valence-electron chi connectivity index (χ3n) is 8.34.